The predicted molar refractivity (Wildman–Crippen MR) is 119 cm³/mol. The van der Waals surface area contributed by atoms with Crippen molar-refractivity contribution in [3.05, 3.63) is 47.3 Å². The molecule has 2 aliphatic heterocycles. The Morgan fingerprint density at radius 1 is 1.16 bits per heavy atom. The molecule has 2 aliphatic rings. The topological polar surface area (TPSA) is 87.8 Å². The zero-order chi connectivity index (χ0) is 21.8. The number of hydrogen-bond donors (Lipinski definition) is 1. The minimum atomic E-state index is -3.42. The lowest BCUT2D eigenvalue weighted by Gasteiger charge is -2.30. The van der Waals surface area contributed by atoms with E-state index in [0.29, 0.717) is 51.9 Å². The molecular formula is C22H32N4O4S. The molecule has 31 heavy (non-hydrogen) atoms. The molecule has 0 amide bonds. The fourth-order valence-electron chi connectivity index (χ4n) is 4.06. The summed E-state index contributed by atoms with van der Waals surface area (Å²) in [5, 5.41) is 7.53. The summed E-state index contributed by atoms with van der Waals surface area (Å²) in [7, 11) is -3.42. The molecule has 1 N–H and O–H groups in total. The molecule has 9 heteroatoms. The highest BCUT2D eigenvalue weighted by Gasteiger charge is 2.37. The van der Waals surface area contributed by atoms with Gasteiger partial charge < -0.3 is 9.47 Å². The number of benzene rings is 1. The molecule has 0 unspecified atom stereocenters. The number of nitrogens with one attached hydrogen (secondary N) is 1. The van der Waals surface area contributed by atoms with E-state index in [9.17, 15) is 8.42 Å². The van der Waals surface area contributed by atoms with Crippen LogP contribution < -0.4 is 4.74 Å². The molecule has 2 saturated heterocycles. The Morgan fingerprint density at radius 3 is 2.61 bits per heavy atom. The smallest absolute Gasteiger partial charge is 0.282 e. The lowest BCUT2D eigenvalue weighted by molar-refractivity contribution is 0.0705. The van der Waals surface area contributed by atoms with Crippen LogP contribution in [0.25, 0.3) is 0 Å². The van der Waals surface area contributed by atoms with Crippen molar-refractivity contribution in [3.63, 3.8) is 0 Å². The summed E-state index contributed by atoms with van der Waals surface area (Å²) in [5.41, 5.74) is 3.23. The zero-order valence-corrected chi connectivity index (χ0v) is 19.1. The van der Waals surface area contributed by atoms with Crippen LogP contribution in [0.4, 0.5) is 0 Å². The molecule has 2 fully saturated rings. The average Bonchev–Trinajstić information content (AvgIpc) is 3.45. The Bertz CT molecular complexity index is 952. The van der Waals surface area contributed by atoms with Crippen LogP contribution in [0.5, 0.6) is 5.75 Å². The van der Waals surface area contributed by atoms with Gasteiger partial charge in [0.2, 0.25) is 0 Å². The monoisotopic (exact) mass is 448 g/mol. The number of aromatic amines is 1. The molecule has 1 atom stereocenters. The molecule has 0 aliphatic carbocycles. The Kier molecular flexibility index (Phi) is 6.95. The molecule has 170 valence electrons. The normalized spacial score (nSPS) is 21.1. The lowest BCUT2D eigenvalue weighted by atomic mass is 10.0. The largest absolute Gasteiger partial charge is 0.493 e. The predicted octanol–water partition coefficient (Wildman–Crippen LogP) is 2.52. The third-order valence-electron chi connectivity index (χ3n) is 6.03. The van der Waals surface area contributed by atoms with Crippen LogP contribution >= 0.6 is 0 Å². The van der Waals surface area contributed by atoms with Crippen LogP contribution in [0.1, 0.15) is 49.1 Å². The van der Waals surface area contributed by atoms with Gasteiger partial charge in [0, 0.05) is 44.2 Å². The third-order valence-corrected chi connectivity index (χ3v) is 8.03. The number of aromatic nitrogens is 2. The first-order valence-corrected chi connectivity index (χ1v) is 12.4. The van der Waals surface area contributed by atoms with E-state index in [-0.39, 0.29) is 5.92 Å². The third kappa shape index (κ3) is 5.28. The first-order chi connectivity index (χ1) is 14.9. The first kappa shape index (κ1) is 22.3. The molecule has 8 nitrogen and oxygen atoms in total. The Balaban J connectivity index is 1.28. The van der Waals surface area contributed by atoms with E-state index in [1.807, 2.05) is 18.2 Å². The van der Waals surface area contributed by atoms with E-state index in [1.54, 1.807) is 4.31 Å². The van der Waals surface area contributed by atoms with Crippen molar-refractivity contribution in [1.82, 2.24) is 18.8 Å². The SMILES string of the molecule is CC(C)c1ccc(OCCc2cc([C@@H]3CCN(S(=O)(=O)N4CCOCC4)C3)n[nH]2)cc1. The van der Waals surface area contributed by atoms with Gasteiger partial charge in [0.25, 0.3) is 10.2 Å². The van der Waals surface area contributed by atoms with E-state index in [1.165, 1.54) is 9.87 Å². The standard InChI is InChI=1S/C22H32N4O4S/c1-17(2)18-3-5-21(6-4-18)30-12-8-20-15-22(24-23-20)19-7-9-26(16-19)31(27,28)25-10-13-29-14-11-25/h3-6,15,17,19H,7-14,16H2,1-2H3,(H,23,24)/t19-/m1/s1. The molecule has 0 radical (unpaired) electrons. The Labute approximate surface area is 184 Å². The molecule has 0 bridgehead atoms. The van der Waals surface area contributed by atoms with E-state index in [4.69, 9.17) is 9.47 Å². The van der Waals surface area contributed by atoms with Gasteiger partial charge in [0.15, 0.2) is 0 Å². The highest BCUT2D eigenvalue weighted by Crippen LogP contribution is 2.29. The van der Waals surface area contributed by atoms with Gasteiger partial charge in [-0.15, -0.1) is 0 Å². The number of H-pyrrole nitrogens is 1. The lowest BCUT2D eigenvalue weighted by Crippen LogP contribution is -2.47. The molecule has 1 aromatic heterocycles. The maximum absolute atomic E-state index is 12.9. The van der Waals surface area contributed by atoms with Gasteiger partial charge >= 0.3 is 0 Å². The van der Waals surface area contributed by atoms with Crippen molar-refractivity contribution in [2.45, 2.75) is 38.5 Å². The summed E-state index contributed by atoms with van der Waals surface area (Å²) >= 11 is 0. The maximum atomic E-state index is 12.9. The fraction of sp³-hybridized carbons (Fsp3) is 0.591. The van der Waals surface area contributed by atoms with Gasteiger partial charge in [-0.2, -0.15) is 22.1 Å². The van der Waals surface area contributed by atoms with Crippen LogP contribution in [0, 0.1) is 0 Å². The number of nitrogens with zero attached hydrogens (tertiary/aromatic N) is 3. The van der Waals surface area contributed by atoms with Crippen molar-refractivity contribution < 1.29 is 17.9 Å². The van der Waals surface area contributed by atoms with Gasteiger partial charge in [0.05, 0.1) is 25.5 Å². The van der Waals surface area contributed by atoms with E-state index < -0.39 is 10.2 Å². The second-order valence-electron chi connectivity index (χ2n) is 8.50. The Morgan fingerprint density at radius 2 is 1.90 bits per heavy atom. The minimum Gasteiger partial charge on any atom is -0.493 e. The molecule has 4 rings (SSSR count). The summed E-state index contributed by atoms with van der Waals surface area (Å²) in [4.78, 5) is 0. The molecule has 1 aromatic carbocycles. The van der Waals surface area contributed by atoms with Crippen molar-refractivity contribution in [1.29, 1.82) is 0 Å². The molecule has 0 spiro atoms. The summed E-state index contributed by atoms with van der Waals surface area (Å²) in [6.07, 6.45) is 1.51. The molecule has 3 heterocycles. The first-order valence-electron chi connectivity index (χ1n) is 11.0. The van der Waals surface area contributed by atoms with Crippen molar-refractivity contribution in [2.75, 3.05) is 46.0 Å². The molecular weight excluding hydrogens is 416 g/mol. The van der Waals surface area contributed by atoms with Gasteiger partial charge in [-0.1, -0.05) is 26.0 Å². The van der Waals surface area contributed by atoms with Crippen LogP contribution in [0.2, 0.25) is 0 Å². The summed E-state index contributed by atoms with van der Waals surface area (Å²) in [5.74, 6) is 1.49. The molecule has 0 saturated carbocycles. The second kappa shape index (κ2) is 9.68. The van der Waals surface area contributed by atoms with E-state index in [2.05, 4.69) is 36.2 Å². The maximum Gasteiger partial charge on any atom is 0.282 e. The summed E-state index contributed by atoms with van der Waals surface area (Å²) in [6, 6.07) is 10.3. The highest BCUT2D eigenvalue weighted by atomic mass is 32.2. The van der Waals surface area contributed by atoms with Crippen molar-refractivity contribution in [3.8, 4) is 5.75 Å². The Hall–Kier alpha value is -1.94. The zero-order valence-electron chi connectivity index (χ0n) is 18.3. The summed E-state index contributed by atoms with van der Waals surface area (Å²) < 4.78 is 40.0. The van der Waals surface area contributed by atoms with E-state index in [0.717, 1.165) is 30.0 Å². The number of hydrogen-bond acceptors (Lipinski definition) is 5. The number of rotatable bonds is 8. The quantitative estimate of drug-likeness (QED) is 0.671. The average molecular weight is 449 g/mol. The van der Waals surface area contributed by atoms with Crippen LogP contribution in [0.3, 0.4) is 0 Å². The van der Waals surface area contributed by atoms with Crippen molar-refractivity contribution >= 4 is 10.2 Å². The summed E-state index contributed by atoms with van der Waals surface area (Å²) in [6.45, 7) is 7.69. The highest BCUT2D eigenvalue weighted by molar-refractivity contribution is 7.86. The number of ether oxygens (including phenoxy) is 2. The van der Waals surface area contributed by atoms with E-state index >= 15 is 0 Å². The van der Waals surface area contributed by atoms with Gasteiger partial charge in [-0.3, -0.25) is 5.10 Å². The van der Waals surface area contributed by atoms with Gasteiger partial charge in [0.1, 0.15) is 5.75 Å². The minimum absolute atomic E-state index is 0.116. The van der Waals surface area contributed by atoms with Gasteiger partial charge in [-0.25, -0.2) is 0 Å². The molecule has 2 aromatic rings. The van der Waals surface area contributed by atoms with Crippen LogP contribution in [-0.2, 0) is 21.4 Å². The van der Waals surface area contributed by atoms with Crippen molar-refractivity contribution in [2.24, 2.45) is 0 Å². The second-order valence-corrected chi connectivity index (χ2v) is 10.4. The number of morpholine rings is 1. The van der Waals surface area contributed by atoms with Crippen LogP contribution in [-0.4, -0.2) is 73.2 Å². The van der Waals surface area contributed by atoms with Crippen LogP contribution in [0.15, 0.2) is 30.3 Å². The van der Waals surface area contributed by atoms with Gasteiger partial charge in [-0.05, 0) is 36.1 Å². The fourth-order valence-corrected chi connectivity index (χ4v) is 5.71.